The van der Waals surface area contributed by atoms with E-state index in [0.29, 0.717) is 26.1 Å². The summed E-state index contributed by atoms with van der Waals surface area (Å²) in [4.78, 5) is 0.209. The number of halogens is 1. The average molecular weight is 425 g/mol. The van der Waals surface area contributed by atoms with E-state index in [0.717, 1.165) is 29.5 Å². The predicted octanol–water partition coefficient (Wildman–Crippen LogP) is 3.11. The fraction of sp³-hybridized carbons (Fsp3) is 0.400. The molecule has 1 aliphatic rings. The molecule has 6 nitrogen and oxygen atoms in total. The quantitative estimate of drug-likeness (QED) is 0.422. The SMILES string of the molecule is CCCCNS(=O)(=O)c1cccc(C2CNCCc3c2cc(O)c(O)c3Cl)c1. The summed E-state index contributed by atoms with van der Waals surface area (Å²) in [6, 6.07) is 8.34. The Labute approximate surface area is 170 Å². The molecule has 3 rings (SSSR count). The van der Waals surface area contributed by atoms with Gasteiger partial charge in [0.05, 0.1) is 9.92 Å². The van der Waals surface area contributed by atoms with E-state index in [1.54, 1.807) is 18.2 Å². The van der Waals surface area contributed by atoms with Gasteiger partial charge in [0.25, 0.3) is 0 Å². The van der Waals surface area contributed by atoms with Crippen molar-refractivity contribution in [3.8, 4) is 11.5 Å². The number of aromatic hydroxyl groups is 2. The Morgan fingerprint density at radius 3 is 2.82 bits per heavy atom. The van der Waals surface area contributed by atoms with Gasteiger partial charge in [0.2, 0.25) is 10.0 Å². The Kier molecular flexibility index (Phi) is 6.50. The second-order valence-corrected chi connectivity index (χ2v) is 9.10. The van der Waals surface area contributed by atoms with Crippen molar-refractivity contribution in [2.75, 3.05) is 19.6 Å². The first kappa shape index (κ1) is 20.9. The van der Waals surface area contributed by atoms with Crippen molar-refractivity contribution in [2.45, 2.75) is 37.0 Å². The lowest BCUT2D eigenvalue weighted by Gasteiger charge is -2.20. The van der Waals surface area contributed by atoms with Crippen LogP contribution in [0.5, 0.6) is 11.5 Å². The second kappa shape index (κ2) is 8.69. The summed E-state index contributed by atoms with van der Waals surface area (Å²) in [5.41, 5.74) is 2.36. The number of rotatable bonds is 6. The minimum absolute atomic E-state index is 0.147. The van der Waals surface area contributed by atoms with Crippen molar-refractivity contribution in [3.05, 3.63) is 52.0 Å². The number of sulfonamides is 1. The number of phenols is 2. The lowest BCUT2D eigenvalue weighted by molar-refractivity contribution is 0.402. The maximum Gasteiger partial charge on any atom is 0.240 e. The van der Waals surface area contributed by atoms with E-state index < -0.39 is 10.0 Å². The number of unbranched alkanes of at least 4 members (excludes halogenated alkanes) is 1. The maximum absolute atomic E-state index is 12.6. The molecule has 1 heterocycles. The van der Waals surface area contributed by atoms with E-state index in [1.165, 1.54) is 6.07 Å². The van der Waals surface area contributed by atoms with Gasteiger partial charge in [-0.15, -0.1) is 0 Å². The molecule has 1 atom stereocenters. The minimum Gasteiger partial charge on any atom is -0.504 e. The van der Waals surface area contributed by atoms with Gasteiger partial charge >= 0.3 is 0 Å². The molecule has 0 bridgehead atoms. The molecule has 0 amide bonds. The Hall–Kier alpha value is -1.80. The molecule has 2 aromatic rings. The van der Waals surface area contributed by atoms with E-state index in [9.17, 15) is 18.6 Å². The van der Waals surface area contributed by atoms with Crippen LogP contribution in [0.15, 0.2) is 35.2 Å². The van der Waals surface area contributed by atoms with Crippen molar-refractivity contribution in [1.29, 1.82) is 0 Å². The van der Waals surface area contributed by atoms with Crippen LogP contribution in [0.4, 0.5) is 0 Å². The van der Waals surface area contributed by atoms with Crippen molar-refractivity contribution >= 4 is 21.6 Å². The van der Waals surface area contributed by atoms with Gasteiger partial charge in [-0.3, -0.25) is 0 Å². The summed E-state index contributed by atoms with van der Waals surface area (Å²) in [7, 11) is -3.59. The summed E-state index contributed by atoms with van der Waals surface area (Å²) >= 11 is 6.27. The van der Waals surface area contributed by atoms with Gasteiger partial charge in [-0.1, -0.05) is 37.1 Å². The number of benzene rings is 2. The molecule has 152 valence electrons. The normalized spacial score (nSPS) is 17.1. The molecule has 0 aliphatic carbocycles. The first-order chi connectivity index (χ1) is 13.3. The number of nitrogens with one attached hydrogen (secondary N) is 2. The second-order valence-electron chi connectivity index (χ2n) is 6.96. The van der Waals surface area contributed by atoms with Gasteiger partial charge in [0.15, 0.2) is 11.5 Å². The maximum atomic E-state index is 12.6. The highest BCUT2D eigenvalue weighted by Gasteiger charge is 2.26. The highest BCUT2D eigenvalue weighted by atomic mass is 35.5. The molecule has 28 heavy (non-hydrogen) atoms. The molecule has 0 saturated heterocycles. The van der Waals surface area contributed by atoms with Crippen LogP contribution in [-0.2, 0) is 16.4 Å². The lowest BCUT2D eigenvalue weighted by atomic mass is 9.87. The highest BCUT2D eigenvalue weighted by Crippen LogP contribution is 2.42. The van der Waals surface area contributed by atoms with Gasteiger partial charge in [0.1, 0.15) is 0 Å². The number of hydrogen-bond acceptors (Lipinski definition) is 5. The Balaban J connectivity index is 2.01. The van der Waals surface area contributed by atoms with E-state index in [1.807, 2.05) is 13.0 Å². The standard InChI is InChI=1S/C20H25ClN2O4S/c1-2-3-8-23-28(26,27)14-6-4-5-13(10-14)17-12-22-9-7-15-16(17)11-18(24)20(25)19(15)21/h4-6,10-11,17,22-25H,2-3,7-9,12H2,1H3. The zero-order valence-electron chi connectivity index (χ0n) is 15.7. The van der Waals surface area contributed by atoms with Crippen LogP contribution >= 0.6 is 11.6 Å². The molecule has 1 aliphatic heterocycles. The molecule has 0 radical (unpaired) electrons. The van der Waals surface area contributed by atoms with E-state index >= 15 is 0 Å². The molecule has 0 fully saturated rings. The Morgan fingerprint density at radius 1 is 1.29 bits per heavy atom. The van der Waals surface area contributed by atoms with Crippen molar-refractivity contribution in [3.63, 3.8) is 0 Å². The molecule has 0 spiro atoms. The molecule has 0 aromatic heterocycles. The summed E-state index contributed by atoms with van der Waals surface area (Å²) in [5.74, 6) is -0.800. The first-order valence-corrected chi connectivity index (χ1v) is 11.2. The van der Waals surface area contributed by atoms with Crippen LogP contribution in [0.1, 0.15) is 42.4 Å². The largest absolute Gasteiger partial charge is 0.504 e. The van der Waals surface area contributed by atoms with Gasteiger partial charge in [-0.2, -0.15) is 0 Å². The average Bonchev–Trinajstić information content (AvgIpc) is 2.89. The fourth-order valence-corrected chi connectivity index (χ4v) is 4.91. The summed E-state index contributed by atoms with van der Waals surface area (Å²) < 4.78 is 27.8. The zero-order valence-corrected chi connectivity index (χ0v) is 17.3. The van der Waals surface area contributed by atoms with Gasteiger partial charge in [-0.05, 0) is 54.3 Å². The monoisotopic (exact) mass is 424 g/mol. The van der Waals surface area contributed by atoms with Crippen LogP contribution in [0.2, 0.25) is 5.02 Å². The third-order valence-corrected chi connectivity index (χ3v) is 6.89. The topological polar surface area (TPSA) is 98.7 Å². The Morgan fingerprint density at radius 2 is 2.07 bits per heavy atom. The molecule has 2 aromatic carbocycles. The molecule has 1 unspecified atom stereocenters. The number of hydrogen-bond donors (Lipinski definition) is 4. The van der Waals surface area contributed by atoms with Crippen molar-refractivity contribution in [1.82, 2.24) is 10.0 Å². The van der Waals surface area contributed by atoms with Crippen molar-refractivity contribution in [2.24, 2.45) is 0 Å². The van der Waals surface area contributed by atoms with Crippen LogP contribution in [0.25, 0.3) is 0 Å². The molecule has 0 saturated carbocycles. The van der Waals surface area contributed by atoms with Crippen LogP contribution in [-0.4, -0.2) is 38.3 Å². The highest BCUT2D eigenvalue weighted by molar-refractivity contribution is 7.89. The third kappa shape index (κ3) is 4.27. The number of phenolic OH excluding ortho intramolecular Hbond substituents is 2. The first-order valence-electron chi connectivity index (χ1n) is 9.38. The molecule has 8 heteroatoms. The zero-order chi connectivity index (χ0) is 20.3. The number of fused-ring (bicyclic) bond motifs is 1. The minimum atomic E-state index is -3.59. The van der Waals surface area contributed by atoms with Gasteiger partial charge in [0, 0.05) is 19.0 Å². The summed E-state index contributed by atoms with van der Waals surface area (Å²) in [6.45, 7) is 3.65. The van der Waals surface area contributed by atoms with Crippen LogP contribution in [0.3, 0.4) is 0 Å². The molecular formula is C20H25ClN2O4S. The van der Waals surface area contributed by atoms with Crippen LogP contribution < -0.4 is 10.0 Å². The van der Waals surface area contributed by atoms with Crippen LogP contribution in [0, 0.1) is 0 Å². The third-order valence-electron chi connectivity index (χ3n) is 5.02. The van der Waals surface area contributed by atoms with Gasteiger partial charge in [-0.25, -0.2) is 13.1 Å². The van der Waals surface area contributed by atoms with Crippen molar-refractivity contribution < 1.29 is 18.6 Å². The fourth-order valence-electron chi connectivity index (χ4n) is 3.48. The predicted molar refractivity (Wildman–Crippen MR) is 110 cm³/mol. The summed E-state index contributed by atoms with van der Waals surface area (Å²) in [5, 5.41) is 23.5. The summed E-state index contributed by atoms with van der Waals surface area (Å²) in [6.07, 6.45) is 2.29. The smallest absolute Gasteiger partial charge is 0.240 e. The lowest BCUT2D eigenvalue weighted by Crippen LogP contribution is -2.25. The van der Waals surface area contributed by atoms with Gasteiger partial charge < -0.3 is 15.5 Å². The van der Waals surface area contributed by atoms with E-state index in [2.05, 4.69) is 10.0 Å². The molecule has 4 N–H and O–H groups in total. The van der Waals surface area contributed by atoms with E-state index in [-0.39, 0.29) is 27.3 Å². The van der Waals surface area contributed by atoms with E-state index in [4.69, 9.17) is 11.6 Å². The Bertz CT molecular complexity index is 963. The molecular weight excluding hydrogens is 400 g/mol.